The lowest BCUT2D eigenvalue weighted by Crippen LogP contribution is -2.44. The summed E-state index contributed by atoms with van der Waals surface area (Å²) >= 11 is 0. The molecule has 1 atom stereocenters. The second kappa shape index (κ2) is 17.2. The van der Waals surface area contributed by atoms with Gasteiger partial charge in [-0.2, -0.15) is 0 Å². The first-order chi connectivity index (χ1) is 23.8. The van der Waals surface area contributed by atoms with Gasteiger partial charge in [-0.05, 0) is 79.0 Å². The standard InChI is InChI=1S/C39H50N4O6/c1-26(44)41-32-16-14-28-23-35(47-2)38(48-3)39(49-4)37(28)30-15-17-33(34(45)24-31(30)32)40-20-10-6-9-13-36(46)42-29-18-21-43(22-19-29)25-27-11-7-5-8-12-27/h5,7-8,11-12,15,17,23-24,29,32H,6,9-10,13-14,16,18-22,25H2,1-4H3,(H,40,45)(H,41,44)(H,42,46)/t32-/m0/s1. The molecule has 5 rings (SSSR count). The van der Waals surface area contributed by atoms with Crippen LogP contribution in [-0.4, -0.2) is 63.7 Å². The number of unbranched alkanes of at least 4 members (excludes halogenated alkanes) is 2. The summed E-state index contributed by atoms with van der Waals surface area (Å²) < 4.78 is 17.2. The Labute approximate surface area is 289 Å². The van der Waals surface area contributed by atoms with Gasteiger partial charge in [-0.25, -0.2) is 0 Å². The number of piperidine rings is 1. The number of nitrogens with zero attached hydrogens (tertiary/aromatic N) is 1. The van der Waals surface area contributed by atoms with E-state index in [0.717, 1.165) is 74.0 Å². The number of hydrogen-bond acceptors (Lipinski definition) is 8. The lowest BCUT2D eigenvalue weighted by molar-refractivity contribution is -0.122. The number of carbonyl (C=O) groups excluding carboxylic acids is 2. The first kappa shape index (κ1) is 35.7. The van der Waals surface area contributed by atoms with Crippen LogP contribution in [0.15, 0.2) is 59.4 Å². The lowest BCUT2D eigenvalue weighted by atomic mass is 9.95. The van der Waals surface area contributed by atoms with Gasteiger partial charge in [0.15, 0.2) is 11.5 Å². The van der Waals surface area contributed by atoms with E-state index < -0.39 is 0 Å². The molecule has 0 spiro atoms. The number of methoxy groups -OCH3 is 3. The largest absolute Gasteiger partial charge is 0.493 e. The molecular formula is C39H50N4O6. The van der Waals surface area contributed by atoms with Crippen molar-refractivity contribution in [2.45, 2.75) is 76.9 Å². The van der Waals surface area contributed by atoms with E-state index in [1.54, 1.807) is 33.5 Å². The molecule has 2 aliphatic rings. The van der Waals surface area contributed by atoms with Crippen LogP contribution in [-0.2, 0) is 22.6 Å². The molecule has 3 aromatic carbocycles. The zero-order chi connectivity index (χ0) is 34.8. The van der Waals surface area contributed by atoms with Crippen LogP contribution in [0.2, 0.25) is 0 Å². The number of benzene rings is 2. The molecule has 3 aromatic rings. The highest BCUT2D eigenvalue weighted by atomic mass is 16.5. The number of likely N-dealkylation sites (tertiary alicyclic amines) is 1. The Morgan fingerprint density at radius 1 is 0.857 bits per heavy atom. The summed E-state index contributed by atoms with van der Waals surface area (Å²) in [4.78, 5) is 40.8. The van der Waals surface area contributed by atoms with E-state index in [2.05, 4.69) is 45.1 Å². The molecule has 1 fully saturated rings. The minimum Gasteiger partial charge on any atom is -0.493 e. The summed E-state index contributed by atoms with van der Waals surface area (Å²) in [7, 11) is 4.74. The number of aryl methyl sites for hydroxylation is 1. The molecule has 262 valence electrons. The van der Waals surface area contributed by atoms with Gasteiger partial charge in [0.25, 0.3) is 0 Å². The van der Waals surface area contributed by atoms with Crippen LogP contribution < -0.4 is 35.6 Å². The average molecular weight is 671 g/mol. The van der Waals surface area contributed by atoms with Gasteiger partial charge >= 0.3 is 0 Å². The predicted octanol–water partition coefficient (Wildman–Crippen LogP) is 5.62. The van der Waals surface area contributed by atoms with Crippen molar-refractivity contribution in [2.75, 3.05) is 46.3 Å². The second-order valence-corrected chi connectivity index (χ2v) is 12.9. The Hall–Kier alpha value is -4.57. The fraction of sp³-hybridized carbons (Fsp3) is 0.462. The average Bonchev–Trinajstić information content (AvgIpc) is 3.34. The number of nitrogens with one attached hydrogen (secondary N) is 3. The molecule has 1 aliphatic carbocycles. The Bertz CT molecular complexity index is 1660. The van der Waals surface area contributed by atoms with Crippen LogP contribution >= 0.6 is 0 Å². The highest BCUT2D eigenvalue weighted by Gasteiger charge is 2.29. The van der Waals surface area contributed by atoms with Gasteiger partial charge in [0.1, 0.15) is 0 Å². The highest BCUT2D eigenvalue weighted by Crippen LogP contribution is 2.50. The molecule has 10 nitrogen and oxygen atoms in total. The quantitative estimate of drug-likeness (QED) is 0.189. The van der Waals surface area contributed by atoms with E-state index in [4.69, 9.17) is 14.2 Å². The summed E-state index contributed by atoms with van der Waals surface area (Å²) in [6.45, 7) is 5.02. The van der Waals surface area contributed by atoms with E-state index in [-0.39, 0.29) is 29.3 Å². The van der Waals surface area contributed by atoms with E-state index in [1.807, 2.05) is 18.2 Å². The van der Waals surface area contributed by atoms with Gasteiger partial charge in [0.05, 0.1) is 33.1 Å². The first-order valence-electron chi connectivity index (χ1n) is 17.4. The Kier molecular flexibility index (Phi) is 12.5. The van der Waals surface area contributed by atoms with Crippen LogP contribution in [0.5, 0.6) is 17.2 Å². The maximum Gasteiger partial charge on any atom is 0.220 e. The van der Waals surface area contributed by atoms with Crippen LogP contribution in [0, 0.1) is 0 Å². The molecule has 0 unspecified atom stereocenters. The van der Waals surface area contributed by atoms with Crippen LogP contribution in [0.25, 0.3) is 11.1 Å². The predicted molar refractivity (Wildman–Crippen MR) is 193 cm³/mol. The smallest absolute Gasteiger partial charge is 0.220 e. The number of rotatable bonds is 14. The maximum atomic E-state index is 13.5. The van der Waals surface area contributed by atoms with Gasteiger partial charge in [0.2, 0.25) is 23.0 Å². The van der Waals surface area contributed by atoms with Crippen LogP contribution in [0.3, 0.4) is 0 Å². The van der Waals surface area contributed by atoms with E-state index in [1.165, 1.54) is 12.5 Å². The van der Waals surface area contributed by atoms with E-state index in [9.17, 15) is 14.4 Å². The molecule has 3 N–H and O–H groups in total. The van der Waals surface area contributed by atoms with Crippen molar-refractivity contribution in [3.8, 4) is 28.4 Å². The topological polar surface area (TPSA) is 118 Å². The molecule has 0 saturated carbocycles. The molecule has 2 amide bonds. The van der Waals surface area contributed by atoms with Crippen molar-refractivity contribution in [1.29, 1.82) is 0 Å². The zero-order valence-corrected chi connectivity index (χ0v) is 29.2. The normalized spacial score (nSPS) is 16.0. The second-order valence-electron chi connectivity index (χ2n) is 12.9. The SMILES string of the molecule is COc1cc2c(c(OC)c1OC)-c1ccc(NCCCCCC(=O)NC3CCN(Cc4ccccc4)CC3)c(=O)cc1[C@@H](NC(C)=O)CC2. The third kappa shape index (κ3) is 9.12. The number of hydrogen-bond donors (Lipinski definition) is 3. The van der Waals surface area contributed by atoms with E-state index in [0.29, 0.717) is 48.7 Å². The molecule has 1 saturated heterocycles. The summed E-state index contributed by atoms with van der Waals surface area (Å²) in [6.07, 6.45) is 6.19. The van der Waals surface area contributed by atoms with Crippen molar-refractivity contribution < 1.29 is 23.8 Å². The summed E-state index contributed by atoms with van der Waals surface area (Å²) in [6, 6.07) is 17.7. The van der Waals surface area contributed by atoms with Crippen molar-refractivity contribution in [3.63, 3.8) is 0 Å². The molecule has 0 aromatic heterocycles. The number of fused-ring (bicyclic) bond motifs is 3. The number of carbonyl (C=O) groups is 2. The number of amides is 2. The molecule has 0 radical (unpaired) electrons. The maximum absolute atomic E-state index is 13.5. The molecule has 49 heavy (non-hydrogen) atoms. The fourth-order valence-corrected chi connectivity index (χ4v) is 7.04. The third-order valence-corrected chi connectivity index (χ3v) is 9.51. The fourth-order valence-electron chi connectivity index (χ4n) is 7.04. The third-order valence-electron chi connectivity index (χ3n) is 9.51. The van der Waals surface area contributed by atoms with Gasteiger partial charge in [-0.15, -0.1) is 0 Å². The Morgan fingerprint density at radius 3 is 2.31 bits per heavy atom. The number of ether oxygens (including phenoxy) is 3. The molecular weight excluding hydrogens is 620 g/mol. The highest BCUT2D eigenvalue weighted by molar-refractivity contribution is 5.83. The van der Waals surface area contributed by atoms with Crippen molar-refractivity contribution in [3.05, 3.63) is 81.5 Å². The number of anilines is 1. The van der Waals surface area contributed by atoms with Gasteiger partial charge in [-0.1, -0.05) is 42.8 Å². The zero-order valence-electron chi connectivity index (χ0n) is 29.2. The first-order valence-corrected chi connectivity index (χ1v) is 17.4. The molecule has 1 heterocycles. The minimum atomic E-state index is -0.359. The van der Waals surface area contributed by atoms with Crippen molar-refractivity contribution in [1.82, 2.24) is 15.5 Å². The monoisotopic (exact) mass is 670 g/mol. The van der Waals surface area contributed by atoms with Crippen molar-refractivity contribution in [2.24, 2.45) is 0 Å². The minimum absolute atomic E-state index is 0.117. The molecule has 0 bridgehead atoms. The summed E-state index contributed by atoms with van der Waals surface area (Å²) in [5, 5.41) is 9.59. The van der Waals surface area contributed by atoms with E-state index >= 15 is 0 Å². The van der Waals surface area contributed by atoms with Crippen LogP contribution in [0.4, 0.5) is 5.69 Å². The Balaban J connectivity index is 1.17. The summed E-state index contributed by atoms with van der Waals surface area (Å²) in [5.74, 6) is 1.50. The lowest BCUT2D eigenvalue weighted by Gasteiger charge is -2.32. The molecule has 1 aliphatic heterocycles. The molecule has 10 heteroatoms. The van der Waals surface area contributed by atoms with Crippen LogP contribution in [0.1, 0.15) is 74.6 Å². The Morgan fingerprint density at radius 2 is 1.61 bits per heavy atom. The van der Waals surface area contributed by atoms with Gasteiger partial charge in [0, 0.05) is 51.1 Å². The van der Waals surface area contributed by atoms with Gasteiger partial charge < -0.3 is 30.2 Å². The van der Waals surface area contributed by atoms with Gasteiger partial charge in [-0.3, -0.25) is 19.3 Å². The van der Waals surface area contributed by atoms with Crippen molar-refractivity contribution >= 4 is 17.5 Å². The summed E-state index contributed by atoms with van der Waals surface area (Å²) in [5.41, 5.74) is 4.97.